The van der Waals surface area contributed by atoms with Gasteiger partial charge in [0.05, 0.1) is 11.8 Å². The Hall–Kier alpha value is -1.75. The summed E-state index contributed by atoms with van der Waals surface area (Å²) in [6.45, 7) is 6.19. The van der Waals surface area contributed by atoms with Crippen LogP contribution in [0.15, 0.2) is 24.5 Å². The highest BCUT2D eigenvalue weighted by Crippen LogP contribution is 2.35. The minimum Gasteiger partial charge on any atom is -0.475 e. The molecule has 1 aromatic heterocycles. The third kappa shape index (κ3) is 2.97. The minimum atomic E-state index is 0.139. The lowest BCUT2D eigenvalue weighted by Crippen LogP contribution is -2.42. The van der Waals surface area contributed by atoms with Gasteiger partial charge in [0, 0.05) is 31.6 Å². The van der Waals surface area contributed by atoms with Gasteiger partial charge in [0.2, 0.25) is 5.88 Å². The summed E-state index contributed by atoms with van der Waals surface area (Å²) < 4.78 is 5.76. The molecule has 1 N–H and O–H groups in total. The van der Waals surface area contributed by atoms with Gasteiger partial charge in [-0.15, -0.1) is 0 Å². The average molecular weight is 288 g/mol. The summed E-state index contributed by atoms with van der Waals surface area (Å²) in [7, 11) is 2.06. The minimum absolute atomic E-state index is 0.139. The summed E-state index contributed by atoms with van der Waals surface area (Å²) in [6, 6.07) is 4.56. The first-order chi connectivity index (χ1) is 10.1. The van der Waals surface area contributed by atoms with Crippen LogP contribution in [0.25, 0.3) is 0 Å². The summed E-state index contributed by atoms with van der Waals surface area (Å²) >= 11 is 0. The van der Waals surface area contributed by atoms with E-state index in [4.69, 9.17) is 9.72 Å². The van der Waals surface area contributed by atoms with E-state index in [1.165, 1.54) is 0 Å². The molecule has 114 valence electrons. The normalized spacial score (nSPS) is 19.0. The molecule has 0 unspecified atom stereocenters. The predicted molar refractivity (Wildman–Crippen MR) is 85.9 cm³/mol. The topological polar surface area (TPSA) is 40.6 Å². The molecular weight excluding hydrogens is 264 g/mol. The number of nitrogens with zero attached hydrogens (tertiary/aromatic N) is 3. The number of ether oxygens (including phenoxy) is 1. The second-order valence-electron chi connectivity index (χ2n) is 5.96. The number of piperidine rings is 1. The quantitative estimate of drug-likeness (QED) is 0.924. The first-order valence-electron chi connectivity index (χ1n) is 7.73. The zero-order valence-electron chi connectivity index (χ0n) is 13.0. The molecule has 0 spiro atoms. The van der Waals surface area contributed by atoms with Gasteiger partial charge in [-0.2, -0.15) is 4.98 Å². The highest BCUT2D eigenvalue weighted by Gasteiger charge is 2.26. The summed E-state index contributed by atoms with van der Waals surface area (Å²) in [5.41, 5.74) is 1.13. The molecule has 3 rings (SSSR count). The summed E-state index contributed by atoms with van der Waals surface area (Å²) in [5, 5.41) is 3.42. The Bertz CT molecular complexity index is 523. The van der Waals surface area contributed by atoms with Crippen LogP contribution in [0.4, 0.5) is 11.5 Å². The summed E-state index contributed by atoms with van der Waals surface area (Å²) in [4.78, 5) is 9.17. The standard InChI is InChI=1S/C16H24N4O/c1-12(2)21-15-5-4-14-16(18-15)20(11-10-19(14)3)13-6-8-17-9-7-13/h4-5,10-13,17H,6-9H2,1-3H3. The molecule has 0 aromatic carbocycles. The molecule has 21 heavy (non-hydrogen) atoms. The Morgan fingerprint density at radius 3 is 2.71 bits per heavy atom. The molecule has 0 radical (unpaired) electrons. The van der Waals surface area contributed by atoms with Crippen LogP contribution < -0.4 is 19.9 Å². The lowest BCUT2D eigenvalue weighted by Gasteiger charge is -2.38. The second kappa shape index (κ2) is 5.93. The van der Waals surface area contributed by atoms with E-state index in [0.29, 0.717) is 11.9 Å². The van der Waals surface area contributed by atoms with Crippen molar-refractivity contribution in [2.75, 3.05) is 29.9 Å². The lowest BCUT2D eigenvalue weighted by molar-refractivity contribution is 0.232. The van der Waals surface area contributed by atoms with Crippen molar-refractivity contribution in [2.24, 2.45) is 0 Å². The molecule has 0 atom stereocenters. The van der Waals surface area contributed by atoms with Crippen LogP contribution in [0.3, 0.4) is 0 Å². The smallest absolute Gasteiger partial charge is 0.215 e. The van der Waals surface area contributed by atoms with Crippen LogP contribution in [-0.4, -0.2) is 37.3 Å². The lowest BCUT2D eigenvalue weighted by atomic mass is 10.0. The molecule has 2 aliphatic rings. The number of nitrogens with one attached hydrogen (secondary N) is 1. The fourth-order valence-corrected chi connectivity index (χ4v) is 2.90. The van der Waals surface area contributed by atoms with Gasteiger partial charge < -0.3 is 19.9 Å². The highest BCUT2D eigenvalue weighted by atomic mass is 16.5. The SMILES string of the molecule is CC(C)Oc1ccc2c(n1)N(C1CCNCC1)C=CN2C. The maximum atomic E-state index is 5.76. The van der Waals surface area contributed by atoms with Gasteiger partial charge in [-0.3, -0.25) is 0 Å². The molecule has 1 fully saturated rings. The molecule has 0 bridgehead atoms. The van der Waals surface area contributed by atoms with Crippen molar-refractivity contribution in [2.45, 2.75) is 38.8 Å². The van der Waals surface area contributed by atoms with Crippen LogP contribution in [0.2, 0.25) is 0 Å². The van der Waals surface area contributed by atoms with Crippen LogP contribution in [-0.2, 0) is 0 Å². The van der Waals surface area contributed by atoms with Gasteiger partial charge in [0.1, 0.15) is 0 Å². The zero-order valence-corrected chi connectivity index (χ0v) is 13.0. The molecule has 5 heteroatoms. The number of aromatic nitrogens is 1. The van der Waals surface area contributed by atoms with E-state index < -0.39 is 0 Å². The van der Waals surface area contributed by atoms with Gasteiger partial charge in [-0.25, -0.2) is 0 Å². The fourth-order valence-electron chi connectivity index (χ4n) is 2.90. The Morgan fingerprint density at radius 2 is 2.00 bits per heavy atom. The monoisotopic (exact) mass is 288 g/mol. The molecule has 2 aliphatic heterocycles. The zero-order chi connectivity index (χ0) is 14.8. The molecule has 0 saturated carbocycles. The third-order valence-electron chi connectivity index (χ3n) is 3.96. The van der Waals surface area contributed by atoms with E-state index in [2.05, 4.69) is 40.6 Å². The largest absolute Gasteiger partial charge is 0.475 e. The van der Waals surface area contributed by atoms with Crippen molar-refractivity contribution in [1.29, 1.82) is 0 Å². The van der Waals surface area contributed by atoms with E-state index in [9.17, 15) is 0 Å². The molecule has 0 aliphatic carbocycles. The summed E-state index contributed by atoms with van der Waals surface area (Å²) in [6.07, 6.45) is 6.67. The number of hydrogen-bond donors (Lipinski definition) is 1. The molecule has 5 nitrogen and oxygen atoms in total. The third-order valence-corrected chi connectivity index (χ3v) is 3.96. The number of anilines is 2. The Morgan fingerprint density at radius 1 is 1.24 bits per heavy atom. The van der Waals surface area contributed by atoms with Crippen molar-refractivity contribution in [3.63, 3.8) is 0 Å². The van der Waals surface area contributed by atoms with Crippen LogP contribution in [0, 0.1) is 0 Å². The maximum Gasteiger partial charge on any atom is 0.215 e. The molecular formula is C16H24N4O. The molecule has 3 heterocycles. The maximum absolute atomic E-state index is 5.76. The molecule has 0 amide bonds. The van der Waals surface area contributed by atoms with E-state index in [1.54, 1.807) is 0 Å². The number of pyridine rings is 1. The van der Waals surface area contributed by atoms with Crippen molar-refractivity contribution >= 4 is 11.5 Å². The second-order valence-corrected chi connectivity index (χ2v) is 5.96. The van der Waals surface area contributed by atoms with E-state index in [1.807, 2.05) is 19.9 Å². The van der Waals surface area contributed by atoms with Gasteiger partial charge >= 0.3 is 0 Å². The van der Waals surface area contributed by atoms with Gasteiger partial charge in [-0.1, -0.05) is 0 Å². The van der Waals surface area contributed by atoms with Gasteiger partial charge in [0.15, 0.2) is 5.82 Å². The highest BCUT2D eigenvalue weighted by molar-refractivity contribution is 5.73. The average Bonchev–Trinajstić information content (AvgIpc) is 2.48. The van der Waals surface area contributed by atoms with Gasteiger partial charge in [-0.05, 0) is 45.8 Å². The molecule has 1 aromatic rings. The predicted octanol–water partition coefficient (Wildman–Crippen LogP) is 2.35. The van der Waals surface area contributed by atoms with Crippen molar-refractivity contribution in [3.8, 4) is 5.88 Å². The van der Waals surface area contributed by atoms with Crippen molar-refractivity contribution in [1.82, 2.24) is 10.3 Å². The van der Waals surface area contributed by atoms with E-state index in [-0.39, 0.29) is 6.10 Å². The first-order valence-corrected chi connectivity index (χ1v) is 7.73. The van der Waals surface area contributed by atoms with Crippen molar-refractivity contribution in [3.05, 3.63) is 24.5 Å². The Kier molecular flexibility index (Phi) is 4.01. The fraction of sp³-hybridized carbons (Fsp3) is 0.562. The molecule has 1 saturated heterocycles. The van der Waals surface area contributed by atoms with Gasteiger partial charge in [0.25, 0.3) is 0 Å². The summed E-state index contributed by atoms with van der Waals surface area (Å²) in [5.74, 6) is 1.71. The van der Waals surface area contributed by atoms with Crippen LogP contribution >= 0.6 is 0 Å². The first kappa shape index (κ1) is 14.2. The number of fused-ring (bicyclic) bond motifs is 1. The van der Waals surface area contributed by atoms with Crippen LogP contribution in [0.5, 0.6) is 5.88 Å². The number of rotatable bonds is 3. The number of hydrogen-bond acceptors (Lipinski definition) is 5. The van der Waals surface area contributed by atoms with E-state index >= 15 is 0 Å². The Balaban J connectivity index is 1.92. The van der Waals surface area contributed by atoms with Crippen LogP contribution in [0.1, 0.15) is 26.7 Å². The Labute approximate surface area is 126 Å². The van der Waals surface area contributed by atoms with Crippen molar-refractivity contribution < 1.29 is 4.74 Å². The van der Waals surface area contributed by atoms with E-state index in [0.717, 1.165) is 37.4 Å².